The average Bonchev–Trinajstić information content (AvgIpc) is 2.66. The molecular weight excluding hydrogens is 421 g/mol. The van der Waals surface area contributed by atoms with Crippen LogP contribution in [0, 0.1) is 0 Å². The fraction of sp³-hybridized carbons (Fsp3) is 0.143. The summed E-state index contributed by atoms with van der Waals surface area (Å²) in [6.07, 6.45) is 4.49. The van der Waals surface area contributed by atoms with Crippen LogP contribution >= 0.6 is 11.8 Å². The molecule has 0 atom stereocenters. The molecule has 29 heavy (non-hydrogen) atoms. The quantitative estimate of drug-likeness (QED) is 0.393. The molecule has 1 aliphatic rings. The molecule has 0 saturated heterocycles. The zero-order valence-electron chi connectivity index (χ0n) is 15.1. The van der Waals surface area contributed by atoms with Gasteiger partial charge < -0.3 is 0 Å². The Balaban J connectivity index is 0.000000258. The molecule has 0 bridgehead atoms. The van der Waals surface area contributed by atoms with Crippen molar-refractivity contribution in [3.63, 3.8) is 0 Å². The second kappa shape index (κ2) is 8.61. The third-order valence-electron chi connectivity index (χ3n) is 4.27. The summed E-state index contributed by atoms with van der Waals surface area (Å²) in [5.74, 6) is 0. The van der Waals surface area contributed by atoms with Crippen molar-refractivity contribution in [3.8, 4) is 0 Å². The molecule has 0 amide bonds. The summed E-state index contributed by atoms with van der Waals surface area (Å²) in [6.45, 7) is 0. The van der Waals surface area contributed by atoms with Crippen molar-refractivity contribution in [1.29, 1.82) is 0 Å². The Morgan fingerprint density at radius 3 is 1.93 bits per heavy atom. The molecule has 8 heteroatoms. The normalized spacial score (nSPS) is 13.9. The Morgan fingerprint density at radius 2 is 1.38 bits per heavy atom. The van der Waals surface area contributed by atoms with Crippen LogP contribution in [0.15, 0.2) is 82.6 Å². The zero-order chi connectivity index (χ0) is 21.1. The lowest BCUT2D eigenvalue weighted by atomic mass is 9.93. The standard InChI is InChI=1S/C20H16S.CHF3O3S/c1-2-8-19(9-3-1)21-20-11-10-17-12-15-6-4-5-7-16(15)13-18(17)14-20;2-1(3,4)8(5,6)7/h1-9,11-13H,10,14H2;(H,5,6,7). The van der Waals surface area contributed by atoms with Crippen molar-refractivity contribution < 1.29 is 26.1 Å². The summed E-state index contributed by atoms with van der Waals surface area (Å²) in [6, 6.07) is 24.0. The minimum absolute atomic E-state index is 1.05. The Morgan fingerprint density at radius 1 is 0.862 bits per heavy atom. The highest BCUT2D eigenvalue weighted by atomic mass is 32.2. The second-order valence-corrected chi connectivity index (χ2v) is 8.97. The molecule has 0 aliphatic heterocycles. The van der Waals surface area contributed by atoms with Gasteiger partial charge in [-0.1, -0.05) is 72.4 Å². The summed E-state index contributed by atoms with van der Waals surface area (Å²) < 4.78 is 57.5. The van der Waals surface area contributed by atoms with Gasteiger partial charge in [0.05, 0.1) is 0 Å². The van der Waals surface area contributed by atoms with Crippen LogP contribution < -0.4 is 0 Å². The summed E-state index contributed by atoms with van der Waals surface area (Å²) in [5.41, 5.74) is -2.58. The molecule has 0 fully saturated rings. The Bertz CT molecular complexity index is 1140. The van der Waals surface area contributed by atoms with E-state index in [0.717, 1.165) is 12.8 Å². The molecule has 1 N–H and O–H groups in total. The van der Waals surface area contributed by atoms with Gasteiger partial charge in [-0.15, -0.1) is 0 Å². The SMILES string of the molecule is C1=C(Sc2ccccc2)Cc2cc3ccccc3cc2C1.O=S(=O)(O)C(F)(F)F. The maximum atomic E-state index is 10.7. The van der Waals surface area contributed by atoms with Crippen LogP contribution in [0.3, 0.4) is 0 Å². The van der Waals surface area contributed by atoms with E-state index in [1.165, 1.54) is 31.7 Å². The van der Waals surface area contributed by atoms with E-state index in [1.54, 1.807) is 0 Å². The number of hydrogen-bond acceptors (Lipinski definition) is 3. The van der Waals surface area contributed by atoms with Crippen molar-refractivity contribution >= 4 is 32.7 Å². The van der Waals surface area contributed by atoms with Crippen LogP contribution in [0.25, 0.3) is 10.8 Å². The van der Waals surface area contributed by atoms with E-state index in [2.05, 4.69) is 72.8 Å². The van der Waals surface area contributed by atoms with Gasteiger partial charge in [-0.25, -0.2) is 0 Å². The van der Waals surface area contributed by atoms with Crippen LogP contribution in [0.2, 0.25) is 0 Å². The Labute approximate surface area is 171 Å². The first kappa shape index (κ1) is 21.4. The molecular formula is C21H17F3O3S2. The molecule has 0 unspecified atom stereocenters. The van der Waals surface area contributed by atoms with Gasteiger partial charge in [0.1, 0.15) is 0 Å². The lowest BCUT2D eigenvalue weighted by Gasteiger charge is -2.18. The van der Waals surface area contributed by atoms with Gasteiger partial charge in [-0.3, -0.25) is 4.55 Å². The van der Waals surface area contributed by atoms with E-state index >= 15 is 0 Å². The highest BCUT2D eigenvalue weighted by Crippen LogP contribution is 2.34. The van der Waals surface area contributed by atoms with Crippen molar-refractivity contribution in [2.75, 3.05) is 0 Å². The van der Waals surface area contributed by atoms with E-state index in [1.807, 2.05) is 11.8 Å². The molecule has 0 spiro atoms. The van der Waals surface area contributed by atoms with E-state index < -0.39 is 15.6 Å². The molecule has 0 radical (unpaired) electrons. The van der Waals surface area contributed by atoms with Gasteiger partial charge in [0, 0.05) is 11.3 Å². The van der Waals surface area contributed by atoms with Crippen LogP contribution in [-0.2, 0) is 23.0 Å². The number of fused-ring (bicyclic) bond motifs is 2. The number of thioether (sulfide) groups is 1. The number of halogens is 3. The first-order chi connectivity index (χ1) is 13.6. The Kier molecular flexibility index (Phi) is 6.36. The average molecular weight is 438 g/mol. The van der Waals surface area contributed by atoms with Crippen LogP contribution in [-0.4, -0.2) is 18.5 Å². The molecule has 3 nitrogen and oxygen atoms in total. The van der Waals surface area contributed by atoms with Crippen molar-refractivity contribution in [3.05, 3.63) is 88.8 Å². The summed E-state index contributed by atoms with van der Waals surface area (Å²) in [7, 11) is -5.84. The smallest absolute Gasteiger partial charge is 0.279 e. The summed E-state index contributed by atoms with van der Waals surface area (Å²) in [5, 5.41) is 2.70. The lowest BCUT2D eigenvalue weighted by molar-refractivity contribution is -0.0510. The van der Waals surface area contributed by atoms with E-state index in [0.29, 0.717) is 0 Å². The zero-order valence-corrected chi connectivity index (χ0v) is 16.7. The Hall–Kier alpha value is -2.29. The van der Waals surface area contributed by atoms with Crippen LogP contribution in [0.5, 0.6) is 0 Å². The first-order valence-corrected chi connectivity index (χ1v) is 10.9. The van der Waals surface area contributed by atoms with Crippen molar-refractivity contribution in [2.45, 2.75) is 23.2 Å². The van der Waals surface area contributed by atoms with E-state index in [-0.39, 0.29) is 0 Å². The van der Waals surface area contributed by atoms with Crippen molar-refractivity contribution in [2.24, 2.45) is 0 Å². The highest BCUT2D eigenvalue weighted by Gasteiger charge is 2.44. The molecule has 3 aromatic rings. The second-order valence-electron chi connectivity index (χ2n) is 6.36. The van der Waals surface area contributed by atoms with Crippen molar-refractivity contribution in [1.82, 2.24) is 0 Å². The number of allylic oxidation sites excluding steroid dienone is 2. The third kappa shape index (κ3) is 5.62. The highest BCUT2D eigenvalue weighted by molar-refractivity contribution is 8.03. The first-order valence-electron chi connectivity index (χ1n) is 8.60. The molecule has 1 aliphatic carbocycles. The number of hydrogen-bond donors (Lipinski definition) is 1. The fourth-order valence-electron chi connectivity index (χ4n) is 2.89. The summed E-state index contributed by atoms with van der Waals surface area (Å²) in [4.78, 5) is 2.79. The summed E-state index contributed by atoms with van der Waals surface area (Å²) >= 11 is 1.89. The van der Waals surface area contributed by atoms with Gasteiger partial charge in [0.2, 0.25) is 0 Å². The van der Waals surface area contributed by atoms with E-state index in [9.17, 15) is 13.2 Å². The predicted octanol–water partition coefficient (Wildman–Crippen LogP) is 6.01. The topological polar surface area (TPSA) is 54.4 Å². The minimum atomic E-state index is -5.84. The molecule has 152 valence electrons. The number of alkyl halides is 3. The van der Waals surface area contributed by atoms with Crippen LogP contribution in [0.1, 0.15) is 11.1 Å². The largest absolute Gasteiger partial charge is 0.522 e. The van der Waals surface area contributed by atoms with Gasteiger partial charge in [0.25, 0.3) is 0 Å². The van der Waals surface area contributed by atoms with Gasteiger partial charge in [-0.05, 0) is 45.4 Å². The minimum Gasteiger partial charge on any atom is -0.279 e. The lowest BCUT2D eigenvalue weighted by Crippen LogP contribution is -2.21. The monoisotopic (exact) mass is 438 g/mol. The molecule has 3 aromatic carbocycles. The molecule has 4 rings (SSSR count). The maximum absolute atomic E-state index is 10.7. The number of benzene rings is 3. The molecule has 0 saturated carbocycles. The fourth-order valence-corrected chi connectivity index (χ4v) is 3.88. The van der Waals surface area contributed by atoms with Crippen LogP contribution in [0.4, 0.5) is 13.2 Å². The molecule has 0 heterocycles. The van der Waals surface area contributed by atoms with Gasteiger partial charge >= 0.3 is 15.6 Å². The maximum Gasteiger partial charge on any atom is 0.522 e. The third-order valence-corrected chi connectivity index (χ3v) is 5.93. The molecule has 0 aromatic heterocycles. The van der Waals surface area contributed by atoms with Gasteiger partial charge in [-0.2, -0.15) is 21.6 Å². The number of rotatable bonds is 2. The van der Waals surface area contributed by atoms with Gasteiger partial charge in [0.15, 0.2) is 0 Å². The van der Waals surface area contributed by atoms with E-state index in [4.69, 9.17) is 13.0 Å². The predicted molar refractivity (Wildman–Crippen MR) is 109 cm³/mol.